The zero-order valence-corrected chi connectivity index (χ0v) is 8.40. The summed E-state index contributed by atoms with van der Waals surface area (Å²) in [5.41, 5.74) is 5.55. The van der Waals surface area contributed by atoms with Gasteiger partial charge < -0.3 is 10.5 Å². The molecule has 2 N–H and O–H groups in total. The number of nitrogens with two attached hydrogens (primary N) is 1. The van der Waals surface area contributed by atoms with E-state index in [1.165, 1.54) is 12.8 Å². The number of nitrogen functional groups attached to an aromatic ring is 1. The molecule has 1 saturated carbocycles. The molecule has 1 aliphatic carbocycles. The van der Waals surface area contributed by atoms with E-state index in [1.54, 1.807) is 14.0 Å². The third kappa shape index (κ3) is 1.82. The van der Waals surface area contributed by atoms with Crippen molar-refractivity contribution in [2.24, 2.45) is 5.92 Å². The predicted molar refractivity (Wildman–Crippen MR) is 51.5 cm³/mol. The van der Waals surface area contributed by atoms with E-state index in [0.29, 0.717) is 17.6 Å². The maximum atomic E-state index is 5.55. The molecule has 14 heavy (non-hydrogen) atoms. The maximum absolute atomic E-state index is 5.55. The molecule has 0 aliphatic heterocycles. The molecule has 1 fully saturated rings. The van der Waals surface area contributed by atoms with E-state index in [1.807, 2.05) is 0 Å². The second-order valence-electron chi connectivity index (χ2n) is 3.59. The number of ether oxygens (including phenoxy) is 1. The van der Waals surface area contributed by atoms with Crippen LogP contribution < -0.4 is 5.73 Å². The molecular formula is C9H14N4O. The molecule has 0 aromatic carbocycles. The van der Waals surface area contributed by atoms with Crippen molar-refractivity contribution in [2.75, 3.05) is 12.8 Å². The van der Waals surface area contributed by atoms with Gasteiger partial charge in [0.25, 0.3) is 0 Å². The van der Waals surface area contributed by atoms with Crippen LogP contribution in [0.3, 0.4) is 0 Å². The summed E-state index contributed by atoms with van der Waals surface area (Å²) in [4.78, 5) is 12.3. The summed E-state index contributed by atoms with van der Waals surface area (Å²) in [5, 5.41) is 0. The van der Waals surface area contributed by atoms with Crippen molar-refractivity contribution < 1.29 is 4.74 Å². The highest BCUT2D eigenvalue weighted by molar-refractivity contribution is 5.17. The Morgan fingerprint density at radius 3 is 2.57 bits per heavy atom. The molecule has 1 aliphatic rings. The molecule has 1 aromatic heterocycles. The molecule has 5 nitrogen and oxygen atoms in total. The lowest BCUT2D eigenvalue weighted by molar-refractivity contribution is 0.0770. The van der Waals surface area contributed by atoms with Crippen molar-refractivity contribution in [3.05, 3.63) is 11.6 Å². The largest absolute Gasteiger partial charge is 0.373 e. The van der Waals surface area contributed by atoms with Crippen LogP contribution in [0.4, 0.5) is 5.95 Å². The highest BCUT2D eigenvalue weighted by Crippen LogP contribution is 2.41. The number of hydrogen-bond acceptors (Lipinski definition) is 5. The number of methoxy groups -OCH3 is 1. The van der Waals surface area contributed by atoms with Crippen molar-refractivity contribution in [1.29, 1.82) is 0 Å². The first-order valence-corrected chi connectivity index (χ1v) is 4.71. The molecule has 5 heteroatoms. The smallest absolute Gasteiger partial charge is 0.223 e. The molecule has 2 rings (SSSR count). The van der Waals surface area contributed by atoms with Crippen molar-refractivity contribution in [2.45, 2.75) is 25.9 Å². The van der Waals surface area contributed by atoms with Gasteiger partial charge in [0.1, 0.15) is 11.9 Å². The van der Waals surface area contributed by atoms with E-state index >= 15 is 0 Å². The van der Waals surface area contributed by atoms with Gasteiger partial charge in [-0.15, -0.1) is 0 Å². The van der Waals surface area contributed by atoms with Crippen LogP contribution in [0.2, 0.25) is 0 Å². The average molecular weight is 194 g/mol. The molecule has 0 spiro atoms. The number of anilines is 1. The molecule has 0 bridgehead atoms. The van der Waals surface area contributed by atoms with Crippen LogP contribution in [0.25, 0.3) is 0 Å². The highest BCUT2D eigenvalue weighted by Gasteiger charge is 2.34. The third-order valence-corrected chi connectivity index (χ3v) is 2.34. The monoisotopic (exact) mass is 194 g/mol. The zero-order valence-electron chi connectivity index (χ0n) is 8.40. The van der Waals surface area contributed by atoms with Crippen molar-refractivity contribution >= 4 is 5.95 Å². The van der Waals surface area contributed by atoms with E-state index in [-0.39, 0.29) is 12.1 Å². The van der Waals surface area contributed by atoms with Gasteiger partial charge in [-0.05, 0) is 25.7 Å². The van der Waals surface area contributed by atoms with Gasteiger partial charge in [0.15, 0.2) is 5.82 Å². The highest BCUT2D eigenvalue weighted by atomic mass is 16.5. The molecule has 1 aromatic rings. The summed E-state index contributed by atoms with van der Waals surface area (Å²) in [6, 6.07) is 0. The Morgan fingerprint density at radius 1 is 1.36 bits per heavy atom. The molecule has 1 heterocycles. The Bertz CT molecular complexity index is 317. The normalized spacial score (nSPS) is 18.1. The van der Waals surface area contributed by atoms with Gasteiger partial charge in [0.2, 0.25) is 5.95 Å². The number of rotatable bonds is 3. The SMILES string of the molecule is COC(c1nc(C)nc(N)n1)C1CC1. The first-order chi connectivity index (χ1) is 6.70. The molecule has 1 atom stereocenters. The maximum Gasteiger partial charge on any atom is 0.223 e. The summed E-state index contributed by atoms with van der Waals surface area (Å²) in [6.45, 7) is 1.81. The van der Waals surface area contributed by atoms with Gasteiger partial charge in [-0.3, -0.25) is 0 Å². The minimum atomic E-state index is -0.0148. The Labute approximate surface area is 82.7 Å². The van der Waals surface area contributed by atoms with E-state index in [2.05, 4.69) is 15.0 Å². The molecule has 0 saturated heterocycles. The van der Waals surface area contributed by atoms with Gasteiger partial charge in [0, 0.05) is 7.11 Å². The minimum Gasteiger partial charge on any atom is -0.373 e. The minimum absolute atomic E-state index is 0.0148. The van der Waals surface area contributed by atoms with Gasteiger partial charge in [-0.1, -0.05) is 0 Å². The van der Waals surface area contributed by atoms with E-state index in [4.69, 9.17) is 10.5 Å². The topological polar surface area (TPSA) is 73.9 Å². The van der Waals surface area contributed by atoms with Gasteiger partial charge in [-0.25, -0.2) is 4.98 Å². The average Bonchev–Trinajstić information content (AvgIpc) is 2.87. The van der Waals surface area contributed by atoms with Crippen LogP contribution in [0.15, 0.2) is 0 Å². The van der Waals surface area contributed by atoms with Crippen LogP contribution in [0.1, 0.15) is 30.6 Å². The quantitative estimate of drug-likeness (QED) is 0.772. The number of aryl methyl sites for hydroxylation is 1. The molecule has 0 radical (unpaired) electrons. The van der Waals surface area contributed by atoms with Crippen molar-refractivity contribution in [3.8, 4) is 0 Å². The number of nitrogens with zero attached hydrogens (tertiary/aromatic N) is 3. The van der Waals surface area contributed by atoms with Crippen LogP contribution in [-0.4, -0.2) is 22.1 Å². The van der Waals surface area contributed by atoms with Crippen LogP contribution in [-0.2, 0) is 4.74 Å². The summed E-state index contributed by atoms with van der Waals surface area (Å²) >= 11 is 0. The van der Waals surface area contributed by atoms with Gasteiger partial charge in [0.05, 0.1) is 0 Å². The summed E-state index contributed by atoms with van der Waals surface area (Å²) in [5.74, 6) is 2.15. The first-order valence-electron chi connectivity index (χ1n) is 4.71. The summed E-state index contributed by atoms with van der Waals surface area (Å²) in [7, 11) is 1.68. The molecule has 1 unspecified atom stereocenters. The van der Waals surface area contributed by atoms with Crippen molar-refractivity contribution in [3.63, 3.8) is 0 Å². The Kier molecular flexibility index (Phi) is 2.33. The number of aromatic nitrogens is 3. The standard InChI is InChI=1S/C9H14N4O/c1-5-11-8(13-9(10)12-5)7(14-2)6-3-4-6/h6-7H,3-4H2,1-2H3,(H2,10,11,12,13). The van der Waals surface area contributed by atoms with E-state index in [9.17, 15) is 0 Å². The fourth-order valence-corrected chi connectivity index (χ4v) is 1.56. The number of hydrogen-bond donors (Lipinski definition) is 1. The molecule has 0 amide bonds. The molecule has 76 valence electrons. The summed E-state index contributed by atoms with van der Waals surface area (Å²) in [6.07, 6.45) is 2.35. The Hall–Kier alpha value is -1.23. The zero-order chi connectivity index (χ0) is 10.1. The Balaban J connectivity index is 2.28. The van der Waals surface area contributed by atoms with Crippen LogP contribution >= 0.6 is 0 Å². The lowest BCUT2D eigenvalue weighted by Gasteiger charge is -2.12. The Morgan fingerprint density at radius 2 is 2.07 bits per heavy atom. The van der Waals surface area contributed by atoms with Crippen LogP contribution in [0, 0.1) is 12.8 Å². The fourth-order valence-electron chi connectivity index (χ4n) is 1.56. The van der Waals surface area contributed by atoms with Gasteiger partial charge >= 0.3 is 0 Å². The third-order valence-electron chi connectivity index (χ3n) is 2.34. The molecular weight excluding hydrogens is 180 g/mol. The fraction of sp³-hybridized carbons (Fsp3) is 0.667. The second-order valence-corrected chi connectivity index (χ2v) is 3.59. The van der Waals surface area contributed by atoms with Gasteiger partial charge in [-0.2, -0.15) is 9.97 Å². The predicted octanol–water partition coefficient (Wildman–Crippen LogP) is 0.860. The lowest BCUT2D eigenvalue weighted by atomic mass is 10.2. The van der Waals surface area contributed by atoms with E-state index < -0.39 is 0 Å². The van der Waals surface area contributed by atoms with Crippen LogP contribution in [0.5, 0.6) is 0 Å². The van der Waals surface area contributed by atoms with Crippen molar-refractivity contribution in [1.82, 2.24) is 15.0 Å². The van der Waals surface area contributed by atoms with E-state index in [0.717, 1.165) is 0 Å². The first kappa shape index (κ1) is 9.33. The lowest BCUT2D eigenvalue weighted by Crippen LogP contribution is -2.12. The summed E-state index contributed by atoms with van der Waals surface area (Å²) < 4.78 is 5.36. The second kappa shape index (κ2) is 3.49.